The van der Waals surface area contributed by atoms with E-state index in [2.05, 4.69) is 52.8 Å². The topological polar surface area (TPSA) is 44.7 Å². The minimum absolute atomic E-state index is 0.0782. The molecular formula is C26H29N3O. The van der Waals surface area contributed by atoms with E-state index in [9.17, 15) is 4.79 Å². The molecule has 0 aromatic heterocycles. The van der Waals surface area contributed by atoms with Crippen LogP contribution >= 0.6 is 0 Å². The Hall–Kier alpha value is -2.88. The molecule has 154 valence electrons. The minimum atomic E-state index is -0.185. The summed E-state index contributed by atoms with van der Waals surface area (Å²) in [7, 11) is 2.17. The highest BCUT2D eigenvalue weighted by Gasteiger charge is 2.51. The number of anilines is 1. The number of nitrogens with zero attached hydrogens (tertiary/aromatic N) is 2. The zero-order chi connectivity index (χ0) is 20.6. The summed E-state index contributed by atoms with van der Waals surface area (Å²) in [5.74, 6) is 1.44. The summed E-state index contributed by atoms with van der Waals surface area (Å²) in [4.78, 5) is 14.6. The van der Waals surface area contributed by atoms with E-state index in [0.717, 1.165) is 11.8 Å². The summed E-state index contributed by atoms with van der Waals surface area (Å²) in [5.41, 5.74) is 7.45. The van der Waals surface area contributed by atoms with Crippen molar-refractivity contribution in [1.82, 2.24) is 5.43 Å². The highest BCUT2D eigenvalue weighted by molar-refractivity contribution is 5.94. The highest BCUT2D eigenvalue weighted by Crippen LogP contribution is 2.59. The van der Waals surface area contributed by atoms with Gasteiger partial charge in [0.2, 0.25) is 0 Å². The molecule has 2 fully saturated rings. The molecule has 4 heteroatoms. The third kappa shape index (κ3) is 3.24. The van der Waals surface area contributed by atoms with E-state index in [1.54, 1.807) is 18.3 Å². The summed E-state index contributed by atoms with van der Waals surface area (Å²) in [6.07, 6.45) is 11.8. The number of carbonyl (C=O) groups excluding carboxylic acids is 1. The van der Waals surface area contributed by atoms with Crippen molar-refractivity contribution in [2.45, 2.75) is 43.9 Å². The first kappa shape index (κ1) is 19.1. The number of hydrazone groups is 1. The number of amides is 1. The second-order valence-corrected chi connectivity index (χ2v) is 9.10. The van der Waals surface area contributed by atoms with Crippen LogP contribution in [-0.4, -0.2) is 19.2 Å². The molecule has 30 heavy (non-hydrogen) atoms. The zero-order valence-corrected chi connectivity index (χ0v) is 17.6. The molecule has 1 heterocycles. The molecule has 1 amide bonds. The van der Waals surface area contributed by atoms with Crippen molar-refractivity contribution in [3.05, 3.63) is 77.5 Å². The number of hydrogen-bond acceptors (Lipinski definition) is 3. The Bertz CT molecular complexity index is 982. The minimum Gasteiger partial charge on any atom is -0.347 e. The predicted octanol–water partition coefficient (Wildman–Crippen LogP) is 5.27. The lowest BCUT2D eigenvalue weighted by Gasteiger charge is -2.46. The van der Waals surface area contributed by atoms with Gasteiger partial charge in [0.15, 0.2) is 0 Å². The van der Waals surface area contributed by atoms with Gasteiger partial charge in [0.1, 0.15) is 0 Å². The van der Waals surface area contributed by atoms with Crippen molar-refractivity contribution in [3.63, 3.8) is 0 Å². The third-order valence-corrected chi connectivity index (χ3v) is 7.31. The molecule has 0 radical (unpaired) electrons. The second kappa shape index (κ2) is 7.75. The molecule has 2 unspecified atom stereocenters. The maximum absolute atomic E-state index is 12.3. The van der Waals surface area contributed by atoms with Gasteiger partial charge in [-0.15, -0.1) is 0 Å². The summed E-state index contributed by atoms with van der Waals surface area (Å²) in [6.45, 7) is 0. The van der Waals surface area contributed by atoms with Crippen LogP contribution < -0.4 is 10.3 Å². The van der Waals surface area contributed by atoms with Gasteiger partial charge in [-0.1, -0.05) is 55.7 Å². The van der Waals surface area contributed by atoms with Crippen LogP contribution in [0.3, 0.4) is 0 Å². The van der Waals surface area contributed by atoms with Gasteiger partial charge in [-0.05, 0) is 60.9 Å². The smallest absolute Gasteiger partial charge is 0.271 e. The highest BCUT2D eigenvalue weighted by atomic mass is 16.2. The molecule has 2 aromatic rings. The van der Waals surface area contributed by atoms with Crippen LogP contribution in [0.15, 0.2) is 71.5 Å². The number of nitrogens with one attached hydrogen (secondary N) is 1. The molecule has 1 N–H and O–H groups in total. The fourth-order valence-electron chi connectivity index (χ4n) is 6.16. The SMILES string of the molecule is CN1/C(=C\C=N\NC(=O)c2ccccc2)C2(CC3CCCC(C3)C2)c2ccccc21. The number of carbonyl (C=O) groups is 1. The lowest BCUT2D eigenvalue weighted by Crippen LogP contribution is -2.40. The molecule has 2 bridgehead atoms. The average molecular weight is 400 g/mol. The van der Waals surface area contributed by atoms with Crippen molar-refractivity contribution >= 4 is 17.8 Å². The number of allylic oxidation sites excluding steroid dienone is 2. The summed E-state index contributed by atoms with van der Waals surface area (Å²) in [6, 6.07) is 18.1. The third-order valence-electron chi connectivity index (χ3n) is 7.31. The normalized spacial score (nSPS) is 28.8. The van der Waals surface area contributed by atoms with Gasteiger partial charge in [0.25, 0.3) is 5.91 Å². The van der Waals surface area contributed by atoms with Gasteiger partial charge in [-0.2, -0.15) is 5.10 Å². The van der Waals surface area contributed by atoms with Crippen LogP contribution in [0.2, 0.25) is 0 Å². The predicted molar refractivity (Wildman–Crippen MR) is 122 cm³/mol. The quantitative estimate of drug-likeness (QED) is 0.564. The Morgan fingerprint density at radius 3 is 2.53 bits per heavy atom. The lowest BCUT2D eigenvalue weighted by atomic mass is 9.58. The molecule has 2 aliphatic carbocycles. The number of benzene rings is 2. The van der Waals surface area contributed by atoms with Gasteiger partial charge in [-0.3, -0.25) is 4.79 Å². The Labute approximate surface area is 178 Å². The number of hydrogen-bond donors (Lipinski definition) is 1. The van der Waals surface area contributed by atoms with E-state index in [1.165, 1.54) is 55.5 Å². The van der Waals surface area contributed by atoms with Gasteiger partial charge < -0.3 is 4.90 Å². The van der Waals surface area contributed by atoms with Crippen LogP contribution in [0, 0.1) is 11.8 Å². The molecule has 0 saturated heterocycles. The molecule has 2 atom stereocenters. The van der Waals surface area contributed by atoms with E-state index in [0.29, 0.717) is 5.56 Å². The van der Waals surface area contributed by atoms with Gasteiger partial charge in [0.05, 0.1) is 0 Å². The monoisotopic (exact) mass is 399 g/mol. The standard InChI is InChI=1S/C26H29N3O/c1-29-23-13-6-5-12-22(23)26(17-19-8-7-9-20(16-19)18-26)24(29)14-15-27-28-25(30)21-10-3-2-4-11-21/h2-6,10-15,19-20H,7-9,16-18H2,1H3,(H,28,30)/b24-14-,27-15+. The molecule has 4 nitrogen and oxygen atoms in total. The van der Waals surface area contributed by atoms with Crippen molar-refractivity contribution in [3.8, 4) is 0 Å². The van der Waals surface area contributed by atoms with Crippen LogP contribution in [0.5, 0.6) is 0 Å². The fraction of sp³-hybridized carbons (Fsp3) is 0.385. The Morgan fingerprint density at radius 2 is 1.77 bits per heavy atom. The fourth-order valence-corrected chi connectivity index (χ4v) is 6.16. The van der Waals surface area contributed by atoms with E-state index < -0.39 is 0 Å². The summed E-state index contributed by atoms with van der Waals surface area (Å²) < 4.78 is 0. The molecule has 2 aromatic carbocycles. The van der Waals surface area contributed by atoms with Crippen LogP contribution in [0.4, 0.5) is 5.69 Å². The summed E-state index contributed by atoms with van der Waals surface area (Å²) in [5, 5.41) is 4.23. The Balaban J connectivity index is 1.43. The first-order valence-electron chi connectivity index (χ1n) is 11.1. The van der Waals surface area contributed by atoms with Crippen LogP contribution in [0.1, 0.15) is 54.4 Å². The Morgan fingerprint density at radius 1 is 1.07 bits per heavy atom. The number of likely N-dealkylation sites (N-methyl/N-ethyl adjacent to an activating group) is 1. The van der Waals surface area contributed by atoms with Crippen molar-refractivity contribution in [2.75, 3.05) is 11.9 Å². The molecule has 5 rings (SSSR count). The van der Waals surface area contributed by atoms with Crippen molar-refractivity contribution in [1.29, 1.82) is 0 Å². The van der Waals surface area contributed by atoms with Crippen molar-refractivity contribution < 1.29 is 4.79 Å². The van der Waals surface area contributed by atoms with Crippen LogP contribution in [0.25, 0.3) is 0 Å². The summed E-state index contributed by atoms with van der Waals surface area (Å²) >= 11 is 0. The first-order chi connectivity index (χ1) is 14.7. The van der Waals surface area contributed by atoms with E-state index in [1.807, 2.05) is 18.2 Å². The van der Waals surface area contributed by atoms with E-state index in [-0.39, 0.29) is 11.3 Å². The largest absolute Gasteiger partial charge is 0.347 e. The molecule has 1 aliphatic heterocycles. The zero-order valence-electron chi connectivity index (χ0n) is 17.6. The average Bonchev–Trinajstić information content (AvgIpc) is 2.99. The molecule has 3 aliphatic rings. The van der Waals surface area contributed by atoms with Crippen LogP contribution in [-0.2, 0) is 5.41 Å². The second-order valence-electron chi connectivity index (χ2n) is 9.10. The first-order valence-corrected chi connectivity index (χ1v) is 11.1. The van der Waals surface area contributed by atoms with Gasteiger partial charge >= 0.3 is 0 Å². The molecule has 2 saturated carbocycles. The number of para-hydroxylation sites is 1. The Kier molecular flexibility index (Phi) is 4.93. The van der Waals surface area contributed by atoms with Gasteiger partial charge in [0, 0.05) is 35.6 Å². The molecule has 1 spiro atoms. The maximum Gasteiger partial charge on any atom is 0.271 e. The molecular weight excluding hydrogens is 370 g/mol. The van der Waals surface area contributed by atoms with Gasteiger partial charge in [-0.25, -0.2) is 5.43 Å². The maximum atomic E-state index is 12.3. The number of fused-ring (bicyclic) bond motifs is 4. The van der Waals surface area contributed by atoms with E-state index in [4.69, 9.17) is 0 Å². The lowest BCUT2D eigenvalue weighted by molar-refractivity contribution is 0.0955. The van der Waals surface area contributed by atoms with Crippen molar-refractivity contribution in [2.24, 2.45) is 16.9 Å². The van der Waals surface area contributed by atoms with E-state index >= 15 is 0 Å². The number of rotatable bonds is 3.